The molecule has 4 nitrogen and oxygen atoms in total. The van der Waals surface area contributed by atoms with E-state index in [2.05, 4.69) is 26.2 Å². The number of hydrogen-bond donors (Lipinski definition) is 2. The van der Waals surface area contributed by atoms with Crippen LogP contribution in [0.3, 0.4) is 0 Å². The van der Waals surface area contributed by atoms with E-state index in [0.29, 0.717) is 16.4 Å². The topological polar surface area (TPSA) is 68.0 Å². The smallest absolute Gasteiger partial charge is 0.248 e. The van der Waals surface area contributed by atoms with Crippen LogP contribution in [0, 0.1) is 0 Å². The number of nitrogens with two attached hydrogens (primary N) is 1. The van der Waals surface area contributed by atoms with Crippen molar-refractivity contribution in [3.63, 3.8) is 0 Å². The highest BCUT2D eigenvalue weighted by Crippen LogP contribution is 2.26. The van der Waals surface area contributed by atoms with Crippen molar-refractivity contribution < 1.29 is 4.79 Å². The summed E-state index contributed by atoms with van der Waals surface area (Å²) in [6.07, 6.45) is 1.55. The molecule has 0 atom stereocenters. The first-order chi connectivity index (χ1) is 8.56. The van der Waals surface area contributed by atoms with E-state index in [1.54, 1.807) is 36.5 Å². The number of nitrogens with one attached hydrogen (secondary N) is 1. The molecule has 0 saturated carbocycles. The van der Waals surface area contributed by atoms with Crippen molar-refractivity contribution in [1.82, 2.24) is 4.98 Å². The maximum Gasteiger partial charge on any atom is 0.248 e. The van der Waals surface area contributed by atoms with Gasteiger partial charge in [0, 0.05) is 17.4 Å². The lowest BCUT2D eigenvalue weighted by atomic mass is 10.2. The Morgan fingerprint density at radius 1 is 1.33 bits per heavy atom. The SMILES string of the molecule is NC(=O)c1ccc(Nc2ncc(Cl)cc2Br)cc1. The zero-order valence-electron chi connectivity index (χ0n) is 9.15. The van der Waals surface area contributed by atoms with E-state index in [1.165, 1.54) is 0 Å². The van der Waals surface area contributed by atoms with Gasteiger partial charge < -0.3 is 11.1 Å². The van der Waals surface area contributed by atoms with Crippen LogP contribution < -0.4 is 11.1 Å². The molecule has 0 aliphatic heterocycles. The Morgan fingerprint density at radius 2 is 2.00 bits per heavy atom. The highest BCUT2D eigenvalue weighted by atomic mass is 79.9. The monoisotopic (exact) mass is 325 g/mol. The highest BCUT2D eigenvalue weighted by Gasteiger charge is 2.04. The molecule has 92 valence electrons. The van der Waals surface area contributed by atoms with Gasteiger partial charge in [0.15, 0.2) is 0 Å². The maximum absolute atomic E-state index is 10.9. The van der Waals surface area contributed by atoms with Crippen molar-refractivity contribution in [3.8, 4) is 0 Å². The lowest BCUT2D eigenvalue weighted by Crippen LogP contribution is -2.10. The minimum Gasteiger partial charge on any atom is -0.366 e. The number of carbonyl (C=O) groups excluding carboxylic acids is 1. The number of rotatable bonds is 3. The van der Waals surface area contributed by atoms with Crippen molar-refractivity contribution in [2.75, 3.05) is 5.32 Å². The Hall–Kier alpha value is -1.59. The van der Waals surface area contributed by atoms with Gasteiger partial charge in [-0.15, -0.1) is 0 Å². The molecule has 1 amide bonds. The molecule has 18 heavy (non-hydrogen) atoms. The molecular weight excluding hydrogens is 318 g/mol. The predicted molar refractivity (Wildman–Crippen MR) is 75.2 cm³/mol. The summed E-state index contributed by atoms with van der Waals surface area (Å²) >= 11 is 9.16. The number of aromatic nitrogens is 1. The average Bonchev–Trinajstić information content (AvgIpc) is 2.33. The maximum atomic E-state index is 10.9. The molecule has 3 N–H and O–H groups in total. The highest BCUT2D eigenvalue weighted by molar-refractivity contribution is 9.10. The summed E-state index contributed by atoms with van der Waals surface area (Å²) in [4.78, 5) is 15.1. The van der Waals surface area contributed by atoms with E-state index < -0.39 is 5.91 Å². The molecule has 0 aliphatic rings. The van der Waals surface area contributed by atoms with E-state index >= 15 is 0 Å². The summed E-state index contributed by atoms with van der Waals surface area (Å²) in [5, 5.41) is 3.65. The number of anilines is 2. The zero-order chi connectivity index (χ0) is 13.1. The molecule has 1 aromatic heterocycles. The fourth-order valence-corrected chi connectivity index (χ4v) is 2.10. The second kappa shape index (κ2) is 5.37. The molecule has 2 rings (SSSR count). The van der Waals surface area contributed by atoms with Gasteiger partial charge in [-0.3, -0.25) is 4.79 Å². The number of carbonyl (C=O) groups is 1. The second-order valence-electron chi connectivity index (χ2n) is 3.55. The number of nitrogens with zero attached hydrogens (tertiary/aromatic N) is 1. The lowest BCUT2D eigenvalue weighted by molar-refractivity contribution is 0.100. The summed E-state index contributed by atoms with van der Waals surface area (Å²) in [5.74, 6) is 0.193. The number of halogens is 2. The number of hydrogen-bond acceptors (Lipinski definition) is 3. The molecule has 1 heterocycles. The van der Waals surface area contributed by atoms with Crippen LogP contribution in [0.15, 0.2) is 41.0 Å². The van der Waals surface area contributed by atoms with Gasteiger partial charge in [0.05, 0.1) is 9.50 Å². The van der Waals surface area contributed by atoms with E-state index in [9.17, 15) is 4.79 Å². The van der Waals surface area contributed by atoms with Gasteiger partial charge >= 0.3 is 0 Å². The van der Waals surface area contributed by atoms with Gasteiger partial charge in [-0.05, 0) is 46.3 Å². The van der Waals surface area contributed by atoms with Gasteiger partial charge in [0.2, 0.25) is 5.91 Å². The molecule has 0 fully saturated rings. The fraction of sp³-hybridized carbons (Fsp3) is 0. The molecule has 0 unspecified atom stereocenters. The Labute approximate surface area is 117 Å². The van der Waals surface area contributed by atoms with E-state index in [0.717, 1.165) is 10.2 Å². The van der Waals surface area contributed by atoms with Crippen molar-refractivity contribution >= 4 is 44.9 Å². The lowest BCUT2D eigenvalue weighted by Gasteiger charge is -2.08. The van der Waals surface area contributed by atoms with Crippen molar-refractivity contribution in [3.05, 3.63) is 51.6 Å². The third kappa shape index (κ3) is 3.00. The molecule has 0 saturated heterocycles. The van der Waals surface area contributed by atoms with Gasteiger partial charge in [-0.1, -0.05) is 11.6 Å². The molecule has 0 bridgehead atoms. The predicted octanol–water partition coefficient (Wildman–Crippen LogP) is 3.34. The summed E-state index contributed by atoms with van der Waals surface area (Å²) in [5.41, 5.74) is 6.43. The number of amides is 1. The standard InChI is InChI=1S/C12H9BrClN3O/c13-10-5-8(14)6-16-12(10)17-9-3-1-7(2-4-9)11(15)18/h1-6H,(H2,15,18)(H,16,17). The minimum absolute atomic E-state index is 0.452. The summed E-state index contributed by atoms with van der Waals surface area (Å²) in [7, 11) is 0. The molecule has 6 heteroatoms. The average molecular weight is 327 g/mol. The van der Waals surface area contributed by atoms with Crippen LogP contribution >= 0.6 is 27.5 Å². The van der Waals surface area contributed by atoms with Gasteiger partial charge in [-0.2, -0.15) is 0 Å². The first-order valence-corrected chi connectivity index (χ1v) is 6.21. The van der Waals surface area contributed by atoms with Gasteiger partial charge in [0.1, 0.15) is 5.82 Å². The Balaban J connectivity index is 2.21. The summed E-state index contributed by atoms with van der Waals surface area (Å²) < 4.78 is 0.758. The Bertz CT molecular complexity index is 586. The Kier molecular flexibility index (Phi) is 3.84. The van der Waals surface area contributed by atoms with Crippen molar-refractivity contribution in [2.24, 2.45) is 5.73 Å². The van der Waals surface area contributed by atoms with Crippen LogP contribution in [-0.2, 0) is 0 Å². The number of pyridine rings is 1. The summed E-state index contributed by atoms with van der Waals surface area (Å²) in [6, 6.07) is 8.54. The normalized spacial score (nSPS) is 10.1. The van der Waals surface area contributed by atoms with E-state index in [1.807, 2.05) is 0 Å². The van der Waals surface area contributed by atoms with Crippen LogP contribution in [0.25, 0.3) is 0 Å². The van der Waals surface area contributed by atoms with Crippen LogP contribution in [0.2, 0.25) is 5.02 Å². The van der Waals surface area contributed by atoms with Crippen LogP contribution in [0.4, 0.5) is 11.5 Å². The third-order valence-corrected chi connectivity index (χ3v) is 3.05. The first kappa shape index (κ1) is 12.9. The molecular formula is C12H9BrClN3O. The molecule has 1 aromatic carbocycles. The molecule has 0 spiro atoms. The minimum atomic E-state index is -0.452. The number of benzene rings is 1. The van der Waals surface area contributed by atoms with E-state index in [4.69, 9.17) is 17.3 Å². The van der Waals surface area contributed by atoms with Crippen LogP contribution in [0.1, 0.15) is 10.4 Å². The molecule has 2 aromatic rings. The van der Waals surface area contributed by atoms with Crippen LogP contribution in [0.5, 0.6) is 0 Å². The quantitative estimate of drug-likeness (QED) is 0.909. The summed E-state index contributed by atoms with van der Waals surface area (Å²) in [6.45, 7) is 0. The first-order valence-electron chi connectivity index (χ1n) is 5.04. The Morgan fingerprint density at radius 3 is 2.56 bits per heavy atom. The van der Waals surface area contributed by atoms with Gasteiger partial charge in [-0.25, -0.2) is 4.98 Å². The van der Waals surface area contributed by atoms with Crippen molar-refractivity contribution in [1.29, 1.82) is 0 Å². The van der Waals surface area contributed by atoms with Crippen LogP contribution in [-0.4, -0.2) is 10.9 Å². The molecule has 0 radical (unpaired) electrons. The zero-order valence-corrected chi connectivity index (χ0v) is 11.5. The second-order valence-corrected chi connectivity index (χ2v) is 4.84. The molecule has 0 aliphatic carbocycles. The number of primary amides is 1. The van der Waals surface area contributed by atoms with E-state index in [-0.39, 0.29) is 0 Å². The largest absolute Gasteiger partial charge is 0.366 e. The van der Waals surface area contributed by atoms with Crippen molar-refractivity contribution in [2.45, 2.75) is 0 Å². The fourth-order valence-electron chi connectivity index (χ4n) is 1.36. The third-order valence-electron chi connectivity index (χ3n) is 2.24. The van der Waals surface area contributed by atoms with Gasteiger partial charge in [0.25, 0.3) is 0 Å².